The van der Waals surface area contributed by atoms with Crippen LogP contribution >= 0.6 is 0 Å². The van der Waals surface area contributed by atoms with Crippen LogP contribution in [0.15, 0.2) is 59.7 Å². The van der Waals surface area contributed by atoms with Crippen LogP contribution in [0.4, 0.5) is 8.78 Å². The lowest BCUT2D eigenvalue weighted by Crippen LogP contribution is -2.35. The van der Waals surface area contributed by atoms with Gasteiger partial charge in [0.15, 0.2) is 0 Å². The molecule has 1 fully saturated rings. The molecule has 1 atom stereocenters. The van der Waals surface area contributed by atoms with Crippen LogP contribution in [0.25, 0.3) is 0 Å². The van der Waals surface area contributed by atoms with Crippen molar-refractivity contribution in [2.75, 3.05) is 39.4 Å². The molecular weight excluding hydrogens is 478 g/mol. The Morgan fingerprint density at radius 3 is 2.32 bits per heavy atom. The van der Waals surface area contributed by atoms with Crippen molar-refractivity contribution in [3.63, 3.8) is 0 Å². The maximum atomic E-state index is 12.7. The summed E-state index contributed by atoms with van der Waals surface area (Å²) in [5, 5.41) is 12.8. The van der Waals surface area contributed by atoms with Crippen LogP contribution < -0.4 is 10.9 Å². The summed E-state index contributed by atoms with van der Waals surface area (Å²) in [6, 6.07) is 15.7. The van der Waals surface area contributed by atoms with Gasteiger partial charge >= 0.3 is 0 Å². The number of rotatable bonds is 9. The number of ether oxygens (including phenoxy) is 1. The molecule has 194 valence electrons. The third-order valence-electron chi connectivity index (χ3n) is 6.23. The largest absolute Gasteiger partial charge is 0.502 e. The summed E-state index contributed by atoms with van der Waals surface area (Å²) in [7, 11) is 0. The molecule has 1 aliphatic rings. The summed E-state index contributed by atoms with van der Waals surface area (Å²) < 4.78 is 30.7. The summed E-state index contributed by atoms with van der Waals surface area (Å²) in [4.78, 5) is 20.5. The van der Waals surface area contributed by atoms with Crippen molar-refractivity contribution in [2.24, 2.45) is 0 Å². The van der Waals surface area contributed by atoms with E-state index >= 15 is 0 Å². The summed E-state index contributed by atoms with van der Waals surface area (Å²) in [5.74, 6) is 5.61. The lowest BCUT2D eigenvalue weighted by Gasteiger charge is -2.26. The third kappa shape index (κ3) is 7.95. The van der Waals surface area contributed by atoms with Gasteiger partial charge in [0.25, 0.3) is 12.0 Å². The molecule has 0 aliphatic carbocycles. The van der Waals surface area contributed by atoms with E-state index in [2.05, 4.69) is 44.2 Å². The Bertz CT molecular complexity index is 1260. The van der Waals surface area contributed by atoms with E-state index in [0.29, 0.717) is 0 Å². The van der Waals surface area contributed by atoms with E-state index in [9.17, 15) is 18.7 Å². The zero-order chi connectivity index (χ0) is 26.0. The highest BCUT2D eigenvalue weighted by molar-refractivity contribution is 5.44. The van der Waals surface area contributed by atoms with Crippen molar-refractivity contribution in [1.82, 2.24) is 20.2 Å². The number of hydrogen-bond donors (Lipinski definition) is 3. The Hall–Kier alpha value is -3.58. The van der Waals surface area contributed by atoms with Crippen LogP contribution in [0.3, 0.4) is 0 Å². The smallest absolute Gasteiger partial charge is 0.293 e. The number of aromatic nitrogens is 2. The van der Waals surface area contributed by atoms with Gasteiger partial charge in [-0.25, -0.2) is 13.8 Å². The Kier molecular flexibility index (Phi) is 9.38. The van der Waals surface area contributed by atoms with Crippen LogP contribution in [0.2, 0.25) is 0 Å². The number of alkyl halides is 2. The zero-order valence-corrected chi connectivity index (χ0v) is 20.4. The molecule has 4 rings (SSSR count). The number of aromatic amines is 1. The molecule has 1 aliphatic heterocycles. The summed E-state index contributed by atoms with van der Waals surface area (Å²) in [6.45, 7) is 4.14. The molecule has 2 aromatic carbocycles. The molecule has 0 radical (unpaired) electrons. The molecule has 1 aromatic heterocycles. The molecule has 0 spiro atoms. The molecule has 3 aromatic rings. The van der Waals surface area contributed by atoms with Gasteiger partial charge in [-0.1, -0.05) is 36.1 Å². The van der Waals surface area contributed by atoms with Gasteiger partial charge in [-0.3, -0.25) is 9.69 Å². The minimum atomic E-state index is -2.47. The fraction of sp³-hybridized carbons (Fsp3) is 0.357. The maximum Gasteiger partial charge on any atom is 0.293 e. The number of benzene rings is 2. The average Bonchev–Trinajstić information content (AvgIpc) is 2.91. The summed E-state index contributed by atoms with van der Waals surface area (Å²) in [6.07, 6.45) is -1.04. The second-order valence-electron chi connectivity index (χ2n) is 8.93. The number of morpholine rings is 1. The van der Waals surface area contributed by atoms with E-state index < -0.39 is 24.3 Å². The number of nitrogens with zero attached hydrogens (tertiary/aromatic N) is 2. The number of nitrogens with one attached hydrogen (secondary N) is 2. The average molecular weight is 509 g/mol. The molecule has 9 heteroatoms. The van der Waals surface area contributed by atoms with Crippen LogP contribution in [-0.4, -0.2) is 65.8 Å². The summed E-state index contributed by atoms with van der Waals surface area (Å²) in [5.41, 5.74) is 3.42. The van der Waals surface area contributed by atoms with Gasteiger partial charge in [-0.15, -0.1) is 0 Å². The highest BCUT2D eigenvalue weighted by Gasteiger charge is 2.18. The summed E-state index contributed by atoms with van der Waals surface area (Å²) >= 11 is 0. The molecule has 0 saturated carbocycles. The predicted molar refractivity (Wildman–Crippen MR) is 137 cm³/mol. The lowest BCUT2D eigenvalue weighted by molar-refractivity contribution is 0.0342. The molecular formula is C28H30F2N4O3. The van der Waals surface area contributed by atoms with E-state index in [1.54, 1.807) is 0 Å². The molecule has 0 amide bonds. The fourth-order valence-corrected chi connectivity index (χ4v) is 4.18. The van der Waals surface area contributed by atoms with Gasteiger partial charge in [-0.05, 0) is 35.4 Å². The Balaban J connectivity index is 1.42. The minimum absolute atomic E-state index is 0.216. The van der Waals surface area contributed by atoms with Crippen molar-refractivity contribution < 1.29 is 18.6 Å². The number of hydrogen-bond acceptors (Lipinski definition) is 6. The van der Waals surface area contributed by atoms with Gasteiger partial charge in [0.1, 0.15) is 0 Å². The van der Waals surface area contributed by atoms with Gasteiger partial charge in [0.2, 0.25) is 5.75 Å². The number of H-pyrrole nitrogens is 1. The van der Waals surface area contributed by atoms with Crippen molar-refractivity contribution >= 4 is 0 Å². The molecule has 0 bridgehead atoms. The van der Waals surface area contributed by atoms with E-state index in [-0.39, 0.29) is 24.6 Å². The number of halogens is 2. The van der Waals surface area contributed by atoms with Crippen LogP contribution in [0.1, 0.15) is 33.9 Å². The van der Waals surface area contributed by atoms with Crippen molar-refractivity contribution in [1.29, 1.82) is 0 Å². The first-order valence-corrected chi connectivity index (χ1v) is 12.2. The third-order valence-corrected chi connectivity index (χ3v) is 6.23. The van der Waals surface area contributed by atoms with Crippen molar-refractivity contribution in [3.8, 4) is 17.6 Å². The standard InChI is InChI=1S/C28H30F2N4O3/c29-26(30)17-31-16-24(15-25-27(35)28(36)33-19-32-25)23-9-7-21(8-10-23)2-1-20-3-5-22(6-4-20)18-34-11-13-37-14-12-34/h3-10,19,24,26,31,35H,11-18H2,(H,32,33,36)/t24-/m1/s1. The topological polar surface area (TPSA) is 90.5 Å². The highest BCUT2D eigenvalue weighted by Crippen LogP contribution is 2.23. The van der Waals surface area contributed by atoms with Gasteiger partial charge in [0.05, 0.1) is 31.8 Å². The van der Waals surface area contributed by atoms with Crippen molar-refractivity contribution in [2.45, 2.75) is 25.3 Å². The van der Waals surface area contributed by atoms with Gasteiger partial charge in [0, 0.05) is 49.6 Å². The first kappa shape index (κ1) is 26.5. The second kappa shape index (κ2) is 13.1. The van der Waals surface area contributed by atoms with Gasteiger partial charge in [-0.2, -0.15) is 0 Å². The fourth-order valence-electron chi connectivity index (χ4n) is 4.18. The lowest BCUT2D eigenvalue weighted by atomic mass is 9.93. The van der Waals surface area contributed by atoms with Crippen LogP contribution in [0.5, 0.6) is 5.75 Å². The normalized spacial score (nSPS) is 14.8. The Morgan fingerprint density at radius 2 is 1.68 bits per heavy atom. The van der Waals surface area contributed by atoms with E-state index in [1.807, 2.05) is 36.4 Å². The van der Waals surface area contributed by atoms with Crippen LogP contribution in [0, 0.1) is 11.8 Å². The molecule has 37 heavy (non-hydrogen) atoms. The van der Waals surface area contributed by atoms with E-state index in [4.69, 9.17) is 4.74 Å². The SMILES string of the molecule is O=c1[nH]cnc(C[C@H](CNCC(F)F)c2ccc(C#Cc3ccc(CN4CCOCC4)cc3)cc2)c1O. The van der Waals surface area contributed by atoms with Crippen molar-refractivity contribution in [3.05, 3.63) is 93.2 Å². The molecule has 1 saturated heterocycles. The second-order valence-corrected chi connectivity index (χ2v) is 8.93. The monoisotopic (exact) mass is 508 g/mol. The molecule has 2 heterocycles. The van der Waals surface area contributed by atoms with Gasteiger partial charge < -0.3 is 20.1 Å². The Labute approximate surface area is 214 Å². The number of aromatic hydroxyl groups is 1. The molecule has 0 unspecified atom stereocenters. The zero-order valence-electron chi connectivity index (χ0n) is 20.4. The van der Waals surface area contributed by atoms with Crippen LogP contribution in [-0.2, 0) is 17.7 Å². The van der Waals surface area contributed by atoms with E-state index in [1.165, 1.54) is 11.9 Å². The first-order valence-electron chi connectivity index (χ1n) is 12.2. The molecule has 7 nitrogen and oxygen atoms in total. The van der Waals surface area contributed by atoms with E-state index in [0.717, 1.165) is 49.5 Å². The Morgan fingerprint density at radius 1 is 1.03 bits per heavy atom. The minimum Gasteiger partial charge on any atom is -0.502 e. The predicted octanol–water partition coefficient (Wildman–Crippen LogP) is 2.89. The highest BCUT2D eigenvalue weighted by atomic mass is 19.3. The first-order chi connectivity index (χ1) is 18.0. The maximum absolute atomic E-state index is 12.7. The quantitative estimate of drug-likeness (QED) is 0.385. The molecule has 3 N–H and O–H groups in total.